The lowest BCUT2D eigenvalue weighted by Crippen LogP contribution is -2.50. The fourth-order valence-electron chi connectivity index (χ4n) is 3.65. The lowest BCUT2D eigenvalue weighted by atomic mass is 10.0. The van der Waals surface area contributed by atoms with Crippen molar-refractivity contribution in [1.29, 1.82) is 0 Å². The average Bonchev–Trinajstić information content (AvgIpc) is 2.80. The Hall–Kier alpha value is -2.42. The highest BCUT2D eigenvalue weighted by Crippen LogP contribution is 2.25. The molecule has 32 heavy (non-hydrogen) atoms. The van der Waals surface area contributed by atoms with Gasteiger partial charge in [-0.3, -0.25) is 4.79 Å². The van der Waals surface area contributed by atoms with E-state index in [2.05, 4.69) is 13.8 Å². The number of sulfonamides is 1. The van der Waals surface area contributed by atoms with E-state index in [-0.39, 0.29) is 23.9 Å². The quantitative estimate of drug-likeness (QED) is 0.565. The number of rotatable bonds is 8. The zero-order valence-corrected chi connectivity index (χ0v) is 20.0. The number of methoxy groups -OCH3 is 1. The van der Waals surface area contributed by atoms with Gasteiger partial charge in [-0.1, -0.05) is 26.0 Å². The summed E-state index contributed by atoms with van der Waals surface area (Å²) in [5, 5.41) is 0. The lowest BCUT2D eigenvalue weighted by Gasteiger charge is -2.34. The van der Waals surface area contributed by atoms with E-state index < -0.39 is 10.0 Å². The molecule has 1 saturated heterocycles. The Balaban J connectivity index is 1.63. The van der Waals surface area contributed by atoms with Gasteiger partial charge in [-0.25, -0.2) is 8.42 Å². The average molecular weight is 461 g/mol. The summed E-state index contributed by atoms with van der Waals surface area (Å²) in [6.45, 7) is 8.17. The maximum Gasteiger partial charge on any atom is 0.253 e. The third-order valence-corrected chi connectivity index (χ3v) is 7.57. The first kappa shape index (κ1) is 24.2. The number of carbonyl (C=O) groups is 1. The molecule has 0 atom stereocenters. The molecule has 8 heteroatoms. The Kier molecular flexibility index (Phi) is 7.92. The van der Waals surface area contributed by atoms with Crippen molar-refractivity contribution < 1.29 is 22.7 Å². The van der Waals surface area contributed by atoms with Crippen LogP contribution in [0.4, 0.5) is 0 Å². The van der Waals surface area contributed by atoms with Crippen molar-refractivity contribution in [3.8, 4) is 5.75 Å². The van der Waals surface area contributed by atoms with Gasteiger partial charge in [0.1, 0.15) is 12.4 Å². The fraction of sp³-hybridized carbons (Fsp3) is 0.458. The van der Waals surface area contributed by atoms with Crippen LogP contribution in [0.5, 0.6) is 5.75 Å². The Morgan fingerprint density at radius 3 is 2.22 bits per heavy atom. The van der Waals surface area contributed by atoms with Crippen LogP contribution in [-0.4, -0.2) is 70.0 Å². The molecule has 2 aromatic carbocycles. The number of amides is 1. The second-order valence-electron chi connectivity index (χ2n) is 8.24. The van der Waals surface area contributed by atoms with E-state index in [1.165, 1.54) is 9.87 Å². The number of piperazine rings is 1. The molecule has 0 N–H and O–H groups in total. The van der Waals surface area contributed by atoms with Crippen LogP contribution in [0.25, 0.3) is 0 Å². The second kappa shape index (κ2) is 10.5. The molecule has 7 nitrogen and oxygen atoms in total. The largest absolute Gasteiger partial charge is 0.491 e. The number of aryl methyl sites for hydroxylation is 1. The molecule has 0 aromatic heterocycles. The third kappa shape index (κ3) is 5.49. The van der Waals surface area contributed by atoms with Crippen molar-refractivity contribution >= 4 is 15.9 Å². The zero-order valence-electron chi connectivity index (χ0n) is 19.2. The van der Waals surface area contributed by atoms with Gasteiger partial charge in [-0.15, -0.1) is 0 Å². The van der Waals surface area contributed by atoms with Gasteiger partial charge in [0, 0.05) is 38.9 Å². The second-order valence-corrected chi connectivity index (χ2v) is 10.2. The Labute approximate surface area is 191 Å². The van der Waals surface area contributed by atoms with Gasteiger partial charge in [0.25, 0.3) is 5.91 Å². The van der Waals surface area contributed by atoms with E-state index in [0.29, 0.717) is 43.5 Å². The number of carbonyl (C=O) groups excluding carboxylic acids is 1. The van der Waals surface area contributed by atoms with E-state index in [4.69, 9.17) is 9.47 Å². The minimum Gasteiger partial charge on any atom is -0.491 e. The van der Waals surface area contributed by atoms with Crippen LogP contribution in [0.15, 0.2) is 47.4 Å². The Bertz CT molecular complexity index is 1030. The highest BCUT2D eigenvalue weighted by Gasteiger charge is 2.30. The van der Waals surface area contributed by atoms with Crippen molar-refractivity contribution in [2.45, 2.75) is 31.6 Å². The summed E-state index contributed by atoms with van der Waals surface area (Å²) in [7, 11) is -2.04. The van der Waals surface area contributed by atoms with Crippen LogP contribution >= 0.6 is 0 Å². The predicted octanol–water partition coefficient (Wildman–Crippen LogP) is 3.29. The first-order valence-electron chi connectivity index (χ1n) is 10.9. The van der Waals surface area contributed by atoms with E-state index >= 15 is 0 Å². The van der Waals surface area contributed by atoms with Crippen LogP contribution in [0.3, 0.4) is 0 Å². The summed E-state index contributed by atoms with van der Waals surface area (Å²) in [5.41, 5.74) is 2.56. The van der Waals surface area contributed by atoms with Crippen molar-refractivity contribution in [3.63, 3.8) is 0 Å². The Morgan fingerprint density at radius 2 is 1.66 bits per heavy atom. The molecule has 0 radical (unpaired) electrons. The number of hydrogen-bond acceptors (Lipinski definition) is 5. The molecule has 2 aromatic rings. The van der Waals surface area contributed by atoms with E-state index in [9.17, 15) is 13.2 Å². The minimum atomic E-state index is -3.64. The lowest BCUT2D eigenvalue weighted by molar-refractivity contribution is 0.0698. The molecule has 0 spiro atoms. The van der Waals surface area contributed by atoms with Crippen LogP contribution in [0, 0.1) is 6.92 Å². The summed E-state index contributed by atoms with van der Waals surface area (Å²) in [6, 6.07) is 12.5. The van der Waals surface area contributed by atoms with Crippen LogP contribution in [-0.2, 0) is 14.8 Å². The molecule has 174 valence electrons. The molecule has 0 bridgehead atoms. The zero-order chi connectivity index (χ0) is 23.3. The molecule has 1 amide bonds. The van der Waals surface area contributed by atoms with E-state index in [1.807, 2.05) is 31.2 Å². The molecular weight excluding hydrogens is 428 g/mol. The smallest absolute Gasteiger partial charge is 0.253 e. The first-order valence-corrected chi connectivity index (χ1v) is 12.3. The SMILES string of the molecule is COCCOc1ccc(S(=O)(=O)N2CCN(C(=O)c3ccc(C(C)C)cc3)CC2)cc1C. The summed E-state index contributed by atoms with van der Waals surface area (Å²) in [6.07, 6.45) is 0. The maximum atomic E-state index is 13.1. The number of hydrogen-bond donors (Lipinski definition) is 0. The van der Waals surface area contributed by atoms with Crippen LogP contribution < -0.4 is 4.74 Å². The Morgan fingerprint density at radius 1 is 1.00 bits per heavy atom. The fourth-order valence-corrected chi connectivity index (χ4v) is 5.16. The van der Waals surface area contributed by atoms with Gasteiger partial charge in [0.2, 0.25) is 10.0 Å². The molecular formula is C24H32N2O5S. The number of ether oxygens (including phenoxy) is 2. The van der Waals surface area contributed by atoms with Gasteiger partial charge in [-0.05, 0) is 54.3 Å². The van der Waals surface area contributed by atoms with E-state index in [1.54, 1.807) is 30.2 Å². The highest BCUT2D eigenvalue weighted by atomic mass is 32.2. The molecule has 0 unspecified atom stereocenters. The standard InChI is InChI=1S/C24H32N2O5S/c1-18(2)20-5-7-21(8-6-20)24(27)25-11-13-26(14-12-25)32(28,29)22-9-10-23(19(3)17-22)31-16-15-30-4/h5-10,17-18H,11-16H2,1-4H3. The molecule has 1 aliphatic heterocycles. The van der Waals surface area contributed by atoms with Crippen molar-refractivity contribution in [2.75, 3.05) is 46.5 Å². The number of nitrogens with zero attached hydrogens (tertiary/aromatic N) is 2. The van der Waals surface area contributed by atoms with Crippen LogP contribution in [0.2, 0.25) is 0 Å². The molecule has 1 aliphatic rings. The van der Waals surface area contributed by atoms with Crippen molar-refractivity contribution in [1.82, 2.24) is 9.21 Å². The summed E-state index contributed by atoms with van der Waals surface area (Å²) in [4.78, 5) is 14.8. The molecule has 1 fully saturated rings. The molecule has 1 heterocycles. The minimum absolute atomic E-state index is 0.0641. The summed E-state index contributed by atoms with van der Waals surface area (Å²) in [5.74, 6) is 0.980. The van der Waals surface area contributed by atoms with Gasteiger partial charge in [0.05, 0.1) is 11.5 Å². The molecule has 0 aliphatic carbocycles. The monoisotopic (exact) mass is 460 g/mol. The van der Waals surface area contributed by atoms with Gasteiger partial charge < -0.3 is 14.4 Å². The maximum absolute atomic E-state index is 13.1. The first-order chi connectivity index (χ1) is 15.2. The van der Waals surface area contributed by atoms with Gasteiger partial charge >= 0.3 is 0 Å². The van der Waals surface area contributed by atoms with Gasteiger partial charge in [0.15, 0.2) is 0 Å². The predicted molar refractivity (Wildman–Crippen MR) is 124 cm³/mol. The van der Waals surface area contributed by atoms with E-state index in [0.717, 1.165) is 5.56 Å². The number of benzene rings is 2. The third-order valence-electron chi connectivity index (χ3n) is 5.68. The summed E-state index contributed by atoms with van der Waals surface area (Å²) >= 11 is 0. The van der Waals surface area contributed by atoms with Crippen LogP contribution in [0.1, 0.15) is 41.3 Å². The normalized spacial score (nSPS) is 15.2. The topological polar surface area (TPSA) is 76.2 Å². The molecule has 0 saturated carbocycles. The van der Waals surface area contributed by atoms with Crippen molar-refractivity contribution in [3.05, 3.63) is 59.2 Å². The molecule has 3 rings (SSSR count). The highest BCUT2D eigenvalue weighted by molar-refractivity contribution is 7.89. The summed E-state index contributed by atoms with van der Waals surface area (Å²) < 4.78 is 38.3. The van der Waals surface area contributed by atoms with Crippen molar-refractivity contribution in [2.24, 2.45) is 0 Å². The van der Waals surface area contributed by atoms with Gasteiger partial charge in [-0.2, -0.15) is 4.31 Å².